The summed E-state index contributed by atoms with van der Waals surface area (Å²) in [7, 11) is 0. The fourth-order valence-corrected chi connectivity index (χ4v) is 1.86. The van der Waals surface area contributed by atoms with Crippen LogP contribution in [0.5, 0.6) is 0 Å². The summed E-state index contributed by atoms with van der Waals surface area (Å²) < 4.78 is 43.1. The van der Waals surface area contributed by atoms with Gasteiger partial charge in [-0.15, -0.1) is 11.6 Å². The van der Waals surface area contributed by atoms with Gasteiger partial charge in [-0.05, 0) is 24.6 Å². The lowest BCUT2D eigenvalue weighted by atomic mass is 9.97. The predicted octanol–water partition coefficient (Wildman–Crippen LogP) is 3.49. The number of hydrogen-bond acceptors (Lipinski definition) is 3. The first kappa shape index (κ1) is 15.3. The SMILES string of the molecule is CCOC(=O)c1c(C#N)ccc(C(F)(F)F)c1CCl. The molecule has 3 nitrogen and oxygen atoms in total. The molecule has 0 bridgehead atoms. The lowest BCUT2D eigenvalue weighted by Gasteiger charge is -2.15. The normalized spacial score (nSPS) is 10.9. The average Bonchev–Trinajstić information content (AvgIpc) is 2.35. The largest absolute Gasteiger partial charge is 0.462 e. The number of carbonyl (C=O) groups excluding carboxylic acids is 1. The molecule has 0 saturated heterocycles. The minimum absolute atomic E-state index is 0.0122. The first-order chi connectivity index (χ1) is 8.86. The van der Waals surface area contributed by atoms with Crippen molar-refractivity contribution >= 4 is 17.6 Å². The second kappa shape index (κ2) is 5.93. The highest BCUT2D eigenvalue weighted by Gasteiger charge is 2.36. The van der Waals surface area contributed by atoms with Crippen molar-refractivity contribution in [2.24, 2.45) is 0 Å². The molecule has 0 amide bonds. The minimum atomic E-state index is -4.65. The van der Waals surface area contributed by atoms with Crippen LogP contribution in [0.25, 0.3) is 0 Å². The number of ether oxygens (including phenoxy) is 1. The maximum Gasteiger partial charge on any atom is 0.416 e. The van der Waals surface area contributed by atoms with Crippen LogP contribution < -0.4 is 0 Å². The van der Waals surface area contributed by atoms with Gasteiger partial charge in [0, 0.05) is 5.88 Å². The molecule has 0 aliphatic rings. The number of esters is 1. The van der Waals surface area contributed by atoms with Crippen molar-refractivity contribution in [1.29, 1.82) is 5.26 Å². The number of hydrogen-bond donors (Lipinski definition) is 0. The number of alkyl halides is 4. The quantitative estimate of drug-likeness (QED) is 0.632. The summed E-state index contributed by atoms with van der Waals surface area (Å²) in [6.45, 7) is 1.50. The van der Waals surface area contributed by atoms with Crippen LogP contribution >= 0.6 is 11.6 Å². The summed E-state index contributed by atoms with van der Waals surface area (Å²) in [4.78, 5) is 11.7. The van der Waals surface area contributed by atoms with E-state index < -0.39 is 34.7 Å². The van der Waals surface area contributed by atoms with Crippen LogP contribution in [0, 0.1) is 11.3 Å². The lowest BCUT2D eigenvalue weighted by molar-refractivity contribution is -0.138. The van der Waals surface area contributed by atoms with Crippen LogP contribution in [-0.4, -0.2) is 12.6 Å². The second-order valence-corrected chi connectivity index (χ2v) is 3.75. The highest BCUT2D eigenvalue weighted by atomic mass is 35.5. The molecule has 0 fully saturated rings. The zero-order valence-electron chi connectivity index (χ0n) is 9.84. The van der Waals surface area contributed by atoms with Gasteiger partial charge in [-0.25, -0.2) is 4.79 Å². The molecule has 1 rings (SSSR count). The van der Waals surface area contributed by atoms with Gasteiger partial charge in [-0.3, -0.25) is 0 Å². The number of nitrogens with zero attached hydrogens (tertiary/aromatic N) is 1. The Morgan fingerprint density at radius 3 is 2.53 bits per heavy atom. The molecule has 0 saturated carbocycles. The number of benzene rings is 1. The molecule has 102 valence electrons. The fraction of sp³-hybridized carbons (Fsp3) is 0.333. The Balaban J connectivity index is 3.57. The molecule has 1 aromatic carbocycles. The minimum Gasteiger partial charge on any atom is -0.462 e. The Bertz CT molecular complexity index is 535. The molecule has 0 aliphatic heterocycles. The van der Waals surface area contributed by atoms with Gasteiger partial charge < -0.3 is 4.74 Å². The molecule has 0 heterocycles. The summed E-state index contributed by atoms with van der Waals surface area (Å²) in [5.41, 5.74) is -2.09. The zero-order valence-corrected chi connectivity index (χ0v) is 10.6. The van der Waals surface area contributed by atoms with Gasteiger partial charge in [-0.1, -0.05) is 0 Å². The molecule has 0 unspecified atom stereocenters. The van der Waals surface area contributed by atoms with Crippen molar-refractivity contribution in [3.8, 4) is 6.07 Å². The van der Waals surface area contributed by atoms with Gasteiger partial charge >= 0.3 is 12.1 Å². The number of halogens is 4. The van der Waals surface area contributed by atoms with E-state index in [2.05, 4.69) is 4.74 Å². The van der Waals surface area contributed by atoms with Crippen LogP contribution in [-0.2, 0) is 16.8 Å². The van der Waals surface area contributed by atoms with Crippen LogP contribution in [0.15, 0.2) is 12.1 Å². The smallest absolute Gasteiger partial charge is 0.416 e. The molecule has 0 spiro atoms. The van der Waals surface area contributed by atoms with E-state index in [4.69, 9.17) is 16.9 Å². The average molecular weight is 292 g/mol. The third kappa shape index (κ3) is 3.18. The lowest BCUT2D eigenvalue weighted by Crippen LogP contribution is -2.16. The highest BCUT2D eigenvalue weighted by Crippen LogP contribution is 2.35. The highest BCUT2D eigenvalue weighted by molar-refractivity contribution is 6.18. The fourth-order valence-electron chi connectivity index (χ4n) is 1.58. The van der Waals surface area contributed by atoms with Crippen LogP contribution in [0.4, 0.5) is 13.2 Å². The van der Waals surface area contributed by atoms with Gasteiger partial charge in [0.15, 0.2) is 0 Å². The topological polar surface area (TPSA) is 50.1 Å². The van der Waals surface area contributed by atoms with Crippen molar-refractivity contribution in [2.45, 2.75) is 19.0 Å². The second-order valence-electron chi connectivity index (χ2n) is 3.48. The van der Waals surface area contributed by atoms with Gasteiger partial charge in [0.05, 0.1) is 23.3 Å². The zero-order chi connectivity index (χ0) is 14.6. The number of carbonyl (C=O) groups is 1. The number of nitriles is 1. The molecule has 1 aromatic rings. The van der Waals surface area contributed by atoms with E-state index in [9.17, 15) is 18.0 Å². The van der Waals surface area contributed by atoms with Crippen molar-refractivity contribution < 1.29 is 22.7 Å². The van der Waals surface area contributed by atoms with Gasteiger partial charge in [0.25, 0.3) is 0 Å². The van der Waals surface area contributed by atoms with Gasteiger partial charge in [-0.2, -0.15) is 18.4 Å². The van der Waals surface area contributed by atoms with Crippen molar-refractivity contribution in [2.75, 3.05) is 6.61 Å². The Morgan fingerprint density at radius 2 is 2.11 bits per heavy atom. The molecule has 0 N–H and O–H groups in total. The van der Waals surface area contributed by atoms with E-state index in [0.717, 1.165) is 12.1 Å². The predicted molar refractivity (Wildman–Crippen MR) is 61.7 cm³/mol. The summed E-state index contributed by atoms with van der Waals surface area (Å²) in [5.74, 6) is -1.53. The standard InChI is InChI=1S/C12H9ClF3NO2/c1-2-19-11(18)10-7(6-17)3-4-9(8(10)5-13)12(14,15)16/h3-4H,2,5H2,1H3. The third-order valence-electron chi connectivity index (χ3n) is 2.35. The third-order valence-corrected chi connectivity index (χ3v) is 2.62. The molecule has 0 aliphatic carbocycles. The van der Waals surface area contributed by atoms with E-state index in [1.165, 1.54) is 6.92 Å². The van der Waals surface area contributed by atoms with E-state index in [1.807, 2.05) is 0 Å². The Morgan fingerprint density at radius 1 is 1.47 bits per heavy atom. The van der Waals surface area contributed by atoms with E-state index in [-0.39, 0.29) is 12.2 Å². The van der Waals surface area contributed by atoms with Crippen LogP contribution in [0.2, 0.25) is 0 Å². The first-order valence-corrected chi connectivity index (χ1v) is 5.76. The van der Waals surface area contributed by atoms with Crippen molar-refractivity contribution in [1.82, 2.24) is 0 Å². The molecular formula is C12H9ClF3NO2. The Kier molecular flexibility index (Phi) is 4.78. The Hall–Kier alpha value is -1.74. The summed E-state index contributed by atoms with van der Waals surface area (Å²) in [6, 6.07) is 3.33. The summed E-state index contributed by atoms with van der Waals surface area (Å²) in [6.07, 6.45) is -4.65. The van der Waals surface area contributed by atoms with Crippen molar-refractivity contribution in [3.05, 3.63) is 34.4 Å². The van der Waals surface area contributed by atoms with Crippen LogP contribution in [0.1, 0.15) is 34.0 Å². The molecule has 7 heteroatoms. The van der Waals surface area contributed by atoms with E-state index in [0.29, 0.717) is 0 Å². The maximum absolute atomic E-state index is 12.8. The number of rotatable bonds is 3. The molecule has 0 atom stereocenters. The molecule has 0 radical (unpaired) electrons. The summed E-state index contributed by atoms with van der Waals surface area (Å²) in [5, 5.41) is 8.87. The van der Waals surface area contributed by atoms with Gasteiger partial charge in [0.2, 0.25) is 0 Å². The van der Waals surface area contributed by atoms with Crippen molar-refractivity contribution in [3.63, 3.8) is 0 Å². The maximum atomic E-state index is 12.8. The van der Waals surface area contributed by atoms with E-state index in [1.54, 1.807) is 6.07 Å². The van der Waals surface area contributed by atoms with Crippen LogP contribution in [0.3, 0.4) is 0 Å². The molecule has 0 aromatic heterocycles. The molecule has 19 heavy (non-hydrogen) atoms. The van der Waals surface area contributed by atoms with E-state index >= 15 is 0 Å². The molecular weight excluding hydrogens is 283 g/mol. The summed E-state index contributed by atoms with van der Waals surface area (Å²) >= 11 is 5.50. The van der Waals surface area contributed by atoms with Gasteiger partial charge in [0.1, 0.15) is 6.07 Å². The Labute approximate surface area is 112 Å². The monoisotopic (exact) mass is 291 g/mol. The first-order valence-electron chi connectivity index (χ1n) is 5.23.